The van der Waals surface area contributed by atoms with E-state index in [0.29, 0.717) is 23.9 Å². The summed E-state index contributed by atoms with van der Waals surface area (Å²) in [5.41, 5.74) is 1.09. The number of amides is 1. The Morgan fingerprint density at radius 1 is 1.30 bits per heavy atom. The van der Waals surface area contributed by atoms with Crippen LogP contribution in [0.25, 0.3) is 10.9 Å². The Balaban J connectivity index is 1.92. The van der Waals surface area contributed by atoms with Gasteiger partial charge in [-0.05, 0) is 38.8 Å². The lowest BCUT2D eigenvalue weighted by atomic mass is 9.85. The predicted octanol–water partition coefficient (Wildman–Crippen LogP) is 2.92. The van der Waals surface area contributed by atoms with Crippen LogP contribution in [0.2, 0.25) is 0 Å². The molecule has 1 saturated carbocycles. The van der Waals surface area contributed by atoms with Crippen LogP contribution in [-0.4, -0.2) is 28.0 Å². The van der Waals surface area contributed by atoms with Crippen molar-refractivity contribution in [2.24, 2.45) is 5.41 Å². The highest BCUT2D eigenvalue weighted by Gasteiger charge is 2.46. The Morgan fingerprint density at radius 3 is 2.83 bits per heavy atom. The molecule has 1 aromatic heterocycles. The van der Waals surface area contributed by atoms with Gasteiger partial charge in [0.05, 0.1) is 16.5 Å². The monoisotopic (exact) mass is 312 g/mol. The average Bonchev–Trinajstić information content (AvgIpc) is 2.89. The highest BCUT2D eigenvalue weighted by atomic mass is 16.4. The molecule has 0 radical (unpaired) electrons. The van der Waals surface area contributed by atoms with E-state index in [-0.39, 0.29) is 11.9 Å². The van der Waals surface area contributed by atoms with Crippen molar-refractivity contribution in [1.82, 2.24) is 10.3 Å². The van der Waals surface area contributed by atoms with Crippen LogP contribution < -0.4 is 5.32 Å². The number of rotatable bonds is 3. The van der Waals surface area contributed by atoms with Gasteiger partial charge in [0.1, 0.15) is 0 Å². The van der Waals surface area contributed by atoms with Gasteiger partial charge in [0.25, 0.3) is 5.91 Å². The molecule has 3 rings (SSSR count). The summed E-state index contributed by atoms with van der Waals surface area (Å²) >= 11 is 0. The third-order valence-electron chi connectivity index (χ3n) is 4.86. The lowest BCUT2D eigenvalue weighted by molar-refractivity contribution is -0.148. The minimum atomic E-state index is -0.899. The molecule has 23 heavy (non-hydrogen) atoms. The summed E-state index contributed by atoms with van der Waals surface area (Å²) in [6, 6.07) is 8.95. The number of aromatic nitrogens is 1. The fraction of sp³-hybridized carbons (Fsp3) is 0.389. The van der Waals surface area contributed by atoms with Crippen molar-refractivity contribution in [1.29, 1.82) is 0 Å². The first-order chi connectivity index (χ1) is 10.9. The minimum Gasteiger partial charge on any atom is -0.481 e. The lowest BCUT2D eigenvalue weighted by Gasteiger charge is -2.27. The van der Waals surface area contributed by atoms with Gasteiger partial charge in [-0.25, -0.2) is 0 Å². The van der Waals surface area contributed by atoms with Gasteiger partial charge >= 0.3 is 5.97 Å². The first-order valence-corrected chi connectivity index (χ1v) is 7.82. The summed E-state index contributed by atoms with van der Waals surface area (Å²) in [6.45, 7) is 3.59. The van der Waals surface area contributed by atoms with Crippen molar-refractivity contribution in [2.75, 3.05) is 0 Å². The van der Waals surface area contributed by atoms with Gasteiger partial charge < -0.3 is 10.4 Å². The zero-order valence-corrected chi connectivity index (χ0v) is 13.3. The molecule has 5 nitrogen and oxygen atoms in total. The molecular formula is C18H20N2O3. The molecule has 2 atom stereocenters. The largest absolute Gasteiger partial charge is 0.481 e. The zero-order chi connectivity index (χ0) is 16.6. The number of carbonyl (C=O) groups is 2. The smallest absolute Gasteiger partial charge is 0.311 e. The Hall–Kier alpha value is -2.43. The first kappa shape index (κ1) is 15.5. The molecule has 1 fully saturated rings. The van der Waals surface area contributed by atoms with Crippen LogP contribution in [-0.2, 0) is 4.79 Å². The summed E-state index contributed by atoms with van der Waals surface area (Å²) in [6.07, 6.45) is 2.08. The molecule has 1 heterocycles. The molecule has 1 amide bonds. The summed E-state index contributed by atoms with van der Waals surface area (Å²) < 4.78 is 0. The molecule has 0 aliphatic heterocycles. The van der Waals surface area contributed by atoms with Crippen LogP contribution in [0.1, 0.15) is 42.2 Å². The van der Waals surface area contributed by atoms with E-state index in [4.69, 9.17) is 0 Å². The number of carboxylic acids is 1. The predicted molar refractivity (Wildman–Crippen MR) is 87.3 cm³/mol. The Labute approximate surface area is 134 Å². The van der Waals surface area contributed by atoms with Gasteiger partial charge in [-0.1, -0.05) is 24.6 Å². The van der Waals surface area contributed by atoms with E-state index in [2.05, 4.69) is 10.3 Å². The topological polar surface area (TPSA) is 79.3 Å². The van der Waals surface area contributed by atoms with E-state index < -0.39 is 11.4 Å². The van der Waals surface area contributed by atoms with Crippen LogP contribution >= 0.6 is 0 Å². The molecule has 0 bridgehead atoms. The molecule has 2 N–H and O–H groups in total. The number of nitrogens with one attached hydrogen (secondary N) is 1. The second-order valence-corrected chi connectivity index (χ2v) is 6.47. The van der Waals surface area contributed by atoms with Crippen LogP contribution in [0, 0.1) is 12.3 Å². The Morgan fingerprint density at radius 2 is 2.09 bits per heavy atom. The highest BCUT2D eigenvalue weighted by molar-refractivity contribution is 6.05. The van der Waals surface area contributed by atoms with Gasteiger partial charge in [0.15, 0.2) is 0 Å². The molecule has 120 valence electrons. The Kier molecular flexibility index (Phi) is 3.80. The van der Waals surface area contributed by atoms with Crippen molar-refractivity contribution >= 4 is 22.8 Å². The van der Waals surface area contributed by atoms with Gasteiger partial charge in [0.2, 0.25) is 0 Å². The summed E-state index contributed by atoms with van der Waals surface area (Å²) in [7, 11) is 0. The number of hydrogen-bond acceptors (Lipinski definition) is 3. The maximum absolute atomic E-state index is 12.7. The van der Waals surface area contributed by atoms with E-state index in [9.17, 15) is 14.7 Å². The number of pyridine rings is 1. The SMILES string of the molecule is Cc1ccc2cccc(C(=O)NC3CCCC3(C)C(=O)O)c2n1. The number of fused-ring (bicyclic) bond motifs is 1. The molecule has 1 aromatic carbocycles. The quantitative estimate of drug-likeness (QED) is 0.913. The molecule has 2 aromatic rings. The number of nitrogens with zero attached hydrogens (tertiary/aromatic N) is 1. The standard InChI is InChI=1S/C18H20N2O3/c1-11-8-9-12-5-3-6-13(15(12)19-11)16(21)20-14-7-4-10-18(14,2)17(22)23/h3,5-6,8-9,14H,4,7,10H2,1-2H3,(H,20,21)(H,22,23). The molecule has 1 aliphatic rings. The highest BCUT2D eigenvalue weighted by Crippen LogP contribution is 2.38. The number of aliphatic carboxylic acids is 1. The summed E-state index contributed by atoms with van der Waals surface area (Å²) in [4.78, 5) is 28.7. The molecule has 1 aliphatic carbocycles. The van der Waals surface area contributed by atoms with Gasteiger partial charge in [-0.15, -0.1) is 0 Å². The van der Waals surface area contributed by atoms with Crippen LogP contribution in [0.3, 0.4) is 0 Å². The molecule has 2 unspecified atom stereocenters. The normalized spacial score (nSPS) is 23.8. The maximum Gasteiger partial charge on any atom is 0.311 e. The third-order valence-corrected chi connectivity index (χ3v) is 4.86. The lowest BCUT2D eigenvalue weighted by Crippen LogP contribution is -2.47. The molecule has 5 heteroatoms. The van der Waals surface area contributed by atoms with Crippen molar-refractivity contribution in [2.45, 2.75) is 39.2 Å². The second kappa shape index (κ2) is 5.65. The van der Waals surface area contributed by atoms with Gasteiger partial charge in [-0.3, -0.25) is 14.6 Å². The number of carbonyl (C=O) groups excluding carboxylic acids is 1. The van der Waals surface area contributed by atoms with Crippen molar-refractivity contribution < 1.29 is 14.7 Å². The molecule has 0 saturated heterocycles. The number of aryl methyl sites for hydroxylation is 1. The number of benzene rings is 1. The number of para-hydroxylation sites is 1. The van der Waals surface area contributed by atoms with E-state index in [1.54, 1.807) is 13.0 Å². The fourth-order valence-electron chi connectivity index (χ4n) is 3.32. The van der Waals surface area contributed by atoms with E-state index in [1.807, 2.05) is 31.2 Å². The van der Waals surface area contributed by atoms with Crippen LogP contribution in [0.15, 0.2) is 30.3 Å². The minimum absolute atomic E-state index is 0.256. The average molecular weight is 312 g/mol. The fourth-order valence-corrected chi connectivity index (χ4v) is 3.32. The van der Waals surface area contributed by atoms with Crippen molar-refractivity contribution in [3.63, 3.8) is 0 Å². The zero-order valence-electron chi connectivity index (χ0n) is 13.3. The summed E-state index contributed by atoms with van der Waals surface area (Å²) in [5.74, 6) is -1.11. The molecular weight excluding hydrogens is 292 g/mol. The van der Waals surface area contributed by atoms with Crippen molar-refractivity contribution in [3.8, 4) is 0 Å². The van der Waals surface area contributed by atoms with Crippen LogP contribution in [0.5, 0.6) is 0 Å². The van der Waals surface area contributed by atoms with E-state index >= 15 is 0 Å². The second-order valence-electron chi connectivity index (χ2n) is 6.47. The number of carboxylic acid groups (broad SMARTS) is 1. The number of hydrogen-bond donors (Lipinski definition) is 2. The van der Waals surface area contributed by atoms with Crippen LogP contribution in [0.4, 0.5) is 0 Å². The molecule has 0 spiro atoms. The first-order valence-electron chi connectivity index (χ1n) is 7.82. The Bertz CT molecular complexity index is 787. The van der Waals surface area contributed by atoms with Gasteiger partial charge in [0, 0.05) is 17.1 Å². The van der Waals surface area contributed by atoms with Crippen molar-refractivity contribution in [3.05, 3.63) is 41.6 Å². The third kappa shape index (κ3) is 2.67. The van der Waals surface area contributed by atoms with Gasteiger partial charge in [-0.2, -0.15) is 0 Å². The van der Waals surface area contributed by atoms with E-state index in [0.717, 1.165) is 17.5 Å². The summed E-state index contributed by atoms with van der Waals surface area (Å²) in [5, 5.41) is 13.3. The van der Waals surface area contributed by atoms with E-state index in [1.165, 1.54) is 0 Å². The maximum atomic E-state index is 12.7.